The summed E-state index contributed by atoms with van der Waals surface area (Å²) < 4.78 is 5.20. The van der Waals surface area contributed by atoms with E-state index >= 15 is 0 Å². The van der Waals surface area contributed by atoms with Crippen LogP contribution in [0.4, 0.5) is 4.79 Å². The van der Waals surface area contributed by atoms with Gasteiger partial charge in [0.05, 0.1) is 17.7 Å². The quantitative estimate of drug-likeness (QED) is 0.902. The number of hydrogen-bond acceptors (Lipinski definition) is 4. The van der Waals surface area contributed by atoms with E-state index in [0.717, 1.165) is 31.2 Å². The Hall–Kier alpha value is -2.55. The van der Waals surface area contributed by atoms with Gasteiger partial charge in [0.25, 0.3) is 5.91 Å². The summed E-state index contributed by atoms with van der Waals surface area (Å²) in [6, 6.07) is 7.07. The summed E-state index contributed by atoms with van der Waals surface area (Å²) in [6.45, 7) is 0.489. The monoisotopic (exact) mass is 299 g/mol. The van der Waals surface area contributed by atoms with Gasteiger partial charge in [0, 0.05) is 12.1 Å². The molecule has 1 saturated carbocycles. The minimum atomic E-state index is -0.798. The maximum absolute atomic E-state index is 12.6. The molecule has 1 fully saturated rings. The molecule has 2 aliphatic rings. The molecule has 2 atom stereocenters. The Morgan fingerprint density at radius 1 is 1.36 bits per heavy atom. The second kappa shape index (κ2) is 5.68. The Morgan fingerprint density at radius 3 is 2.86 bits per heavy atom. The molecule has 22 heavy (non-hydrogen) atoms. The van der Waals surface area contributed by atoms with Crippen molar-refractivity contribution in [3.63, 3.8) is 0 Å². The van der Waals surface area contributed by atoms with E-state index in [2.05, 4.69) is 0 Å². The highest BCUT2D eigenvalue weighted by atomic mass is 16.6. The molecule has 1 aromatic rings. The number of nitrogens with two attached hydrogens (primary N) is 1. The van der Waals surface area contributed by atoms with E-state index in [1.807, 2.05) is 12.1 Å². The minimum Gasteiger partial charge on any atom is -0.444 e. The van der Waals surface area contributed by atoms with Gasteiger partial charge in [0.1, 0.15) is 6.10 Å². The number of fused-ring (bicyclic) bond motifs is 1. The Balaban J connectivity index is 1.85. The number of ether oxygens (including phenoxy) is 1. The van der Waals surface area contributed by atoms with Crippen LogP contribution in [0.5, 0.6) is 0 Å². The van der Waals surface area contributed by atoms with Gasteiger partial charge in [-0.15, -0.1) is 0 Å². The van der Waals surface area contributed by atoms with E-state index < -0.39 is 6.09 Å². The first-order valence-corrected chi connectivity index (χ1v) is 7.40. The molecule has 0 radical (unpaired) electrons. The van der Waals surface area contributed by atoms with Crippen molar-refractivity contribution >= 4 is 12.0 Å². The van der Waals surface area contributed by atoms with Gasteiger partial charge < -0.3 is 15.4 Å². The van der Waals surface area contributed by atoms with Crippen molar-refractivity contribution in [2.24, 2.45) is 5.73 Å². The van der Waals surface area contributed by atoms with Gasteiger partial charge in [-0.2, -0.15) is 5.26 Å². The summed E-state index contributed by atoms with van der Waals surface area (Å²) in [5.74, 6) is -0.0999. The van der Waals surface area contributed by atoms with E-state index in [9.17, 15) is 9.59 Å². The summed E-state index contributed by atoms with van der Waals surface area (Å²) in [5, 5.41) is 8.96. The molecule has 1 heterocycles. The topological polar surface area (TPSA) is 96.4 Å². The van der Waals surface area contributed by atoms with E-state index in [-0.39, 0.29) is 18.1 Å². The van der Waals surface area contributed by atoms with E-state index in [4.69, 9.17) is 15.7 Å². The van der Waals surface area contributed by atoms with Crippen molar-refractivity contribution in [2.45, 2.75) is 44.4 Å². The van der Waals surface area contributed by atoms with Gasteiger partial charge in [-0.1, -0.05) is 12.5 Å². The molecule has 0 saturated heterocycles. The fourth-order valence-electron chi connectivity index (χ4n) is 3.38. The zero-order valence-electron chi connectivity index (χ0n) is 12.1. The SMILES string of the molecule is N#Cc1ccc2c(c1)C(=O)N([C@@H]1CCCC[C@@H]1OC(N)=O)C2. The molecule has 3 rings (SSSR count). The smallest absolute Gasteiger partial charge is 0.404 e. The Bertz CT molecular complexity index is 665. The number of primary amides is 1. The van der Waals surface area contributed by atoms with Crippen LogP contribution in [-0.2, 0) is 11.3 Å². The molecule has 2 amide bonds. The maximum atomic E-state index is 12.6. The Labute approximate surface area is 128 Å². The molecule has 2 N–H and O–H groups in total. The number of amides is 2. The zero-order chi connectivity index (χ0) is 15.7. The first-order chi connectivity index (χ1) is 10.6. The summed E-state index contributed by atoms with van der Waals surface area (Å²) in [5.41, 5.74) is 7.10. The Kier molecular flexibility index (Phi) is 3.72. The van der Waals surface area contributed by atoms with Crippen LogP contribution in [0.1, 0.15) is 47.2 Å². The number of nitrogens with zero attached hydrogens (tertiary/aromatic N) is 2. The van der Waals surface area contributed by atoms with Gasteiger partial charge in [-0.05, 0) is 37.0 Å². The van der Waals surface area contributed by atoms with Gasteiger partial charge in [-0.3, -0.25) is 4.79 Å². The molecule has 0 aromatic heterocycles. The van der Waals surface area contributed by atoms with Crippen LogP contribution < -0.4 is 5.73 Å². The number of hydrogen-bond donors (Lipinski definition) is 1. The third-order valence-corrected chi connectivity index (χ3v) is 4.41. The van der Waals surface area contributed by atoms with Crippen LogP contribution in [-0.4, -0.2) is 29.0 Å². The molecule has 1 aliphatic carbocycles. The second-order valence-corrected chi connectivity index (χ2v) is 5.74. The summed E-state index contributed by atoms with van der Waals surface area (Å²) in [4.78, 5) is 25.5. The van der Waals surface area contributed by atoms with Crippen molar-refractivity contribution in [2.75, 3.05) is 0 Å². The second-order valence-electron chi connectivity index (χ2n) is 5.74. The third kappa shape index (κ3) is 2.50. The number of benzene rings is 1. The first kappa shape index (κ1) is 14.4. The van der Waals surface area contributed by atoms with Gasteiger partial charge in [0.2, 0.25) is 0 Å². The highest BCUT2D eigenvalue weighted by Gasteiger charge is 2.39. The van der Waals surface area contributed by atoms with Gasteiger partial charge >= 0.3 is 6.09 Å². The van der Waals surface area contributed by atoms with Crippen molar-refractivity contribution in [1.82, 2.24) is 4.90 Å². The van der Waals surface area contributed by atoms with Crippen LogP contribution in [0.25, 0.3) is 0 Å². The highest BCUT2D eigenvalue weighted by molar-refractivity contribution is 5.99. The number of carbonyl (C=O) groups excluding carboxylic acids is 2. The van der Waals surface area contributed by atoms with E-state index in [1.54, 1.807) is 17.0 Å². The third-order valence-electron chi connectivity index (χ3n) is 4.41. The van der Waals surface area contributed by atoms with Crippen LogP contribution in [0.3, 0.4) is 0 Å². The normalized spacial score (nSPS) is 23.8. The Morgan fingerprint density at radius 2 is 2.14 bits per heavy atom. The molecule has 0 spiro atoms. The predicted octanol–water partition coefficient (Wildman–Crippen LogP) is 1.92. The van der Waals surface area contributed by atoms with Crippen molar-refractivity contribution in [3.05, 3.63) is 34.9 Å². The molecular weight excluding hydrogens is 282 g/mol. The van der Waals surface area contributed by atoms with Gasteiger partial charge in [0.15, 0.2) is 0 Å². The molecule has 6 nitrogen and oxygen atoms in total. The summed E-state index contributed by atoms with van der Waals surface area (Å²) >= 11 is 0. The molecule has 0 unspecified atom stereocenters. The molecular formula is C16H17N3O3. The van der Waals surface area contributed by atoms with Crippen molar-refractivity contribution in [1.29, 1.82) is 5.26 Å². The fraction of sp³-hybridized carbons (Fsp3) is 0.438. The minimum absolute atomic E-state index is 0.0999. The number of rotatable bonds is 2. The lowest BCUT2D eigenvalue weighted by atomic mass is 9.91. The largest absolute Gasteiger partial charge is 0.444 e. The zero-order valence-corrected chi connectivity index (χ0v) is 12.1. The number of carbonyl (C=O) groups is 2. The average Bonchev–Trinajstić information content (AvgIpc) is 2.84. The van der Waals surface area contributed by atoms with E-state index in [1.165, 1.54) is 0 Å². The average molecular weight is 299 g/mol. The first-order valence-electron chi connectivity index (χ1n) is 7.40. The van der Waals surface area contributed by atoms with E-state index in [0.29, 0.717) is 17.7 Å². The fourth-order valence-corrected chi connectivity index (χ4v) is 3.38. The van der Waals surface area contributed by atoms with Gasteiger partial charge in [-0.25, -0.2) is 4.79 Å². The standard InChI is InChI=1S/C16H17N3O3/c17-8-10-5-6-11-9-19(15(20)12(11)7-10)13-3-1-2-4-14(13)22-16(18)21/h5-7,13-14H,1-4,9H2,(H2,18,21)/t13-,14+/m1/s1. The highest BCUT2D eigenvalue weighted by Crippen LogP contribution is 2.32. The predicted molar refractivity (Wildman–Crippen MR) is 77.7 cm³/mol. The lowest BCUT2D eigenvalue weighted by Crippen LogP contribution is -2.48. The van der Waals surface area contributed by atoms with Crippen LogP contribution >= 0.6 is 0 Å². The summed E-state index contributed by atoms with van der Waals surface area (Å²) in [7, 11) is 0. The molecule has 6 heteroatoms. The molecule has 114 valence electrons. The molecule has 1 aromatic carbocycles. The molecule has 1 aliphatic heterocycles. The maximum Gasteiger partial charge on any atom is 0.404 e. The van der Waals surface area contributed by atoms with Crippen LogP contribution in [0, 0.1) is 11.3 Å². The molecule has 0 bridgehead atoms. The van der Waals surface area contributed by atoms with Crippen molar-refractivity contribution < 1.29 is 14.3 Å². The van der Waals surface area contributed by atoms with Crippen molar-refractivity contribution in [3.8, 4) is 6.07 Å². The summed E-state index contributed by atoms with van der Waals surface area (Å²) in [6.07, 6.45) is 2.32. The van der Waals surface area contributed by atoms with Crippen LogP contribution in [0.15, 0.2) is 18.2 Å². The number of nitriles is 1. The lowest BCUT2D eigenvalue weighted by Gasteiger charge is -2.36. The van der Waals surface area contributed by atoms with Crippen LogP contribution in [0.2, 0.25) is 0 Å². The lowest BCUT2D eigenvalue weighted by molar-refractivity contribution is 0.00883.